The molecule has 1 aromatic carbocycles. The lowest BCUT2D eigenvalue weighted by atomic mass is 10.1. The summed E-state index contributed by atoms with van der Waals surface area (Å²) in [4.78, 5) is 32.7. The second-order valence-corrected chi connectivity index (χ2v) is 6.64. The van der Waals surface area contributed by atoms with Gasteiger partial charge in [-0.1, -0.05) is 11.6 Å². The van der Waals surface area contributed by atoms with Gasteiger partial charge in [0.15, 0.2) is 0 Å². The number of carbonyl (C=O) groups is 1. The van der Waals surface area contributed by atoms with Crippen molar-refractivity contribution in [3.05, 3.63) is 45.5 Å². The zero-order valence-electron chi connectivity index (χ0n) is 13.8. The third kappa shape index (κ3) is 2.92. The Balaban J connectivity index is 1.80. The number of anilines is 1. The Labute approximate surface area is 153 Å². The lowest BCUT2D eigenvalue weighted by Crippen LogP contribution is -2.29. The highest BCUT2D eigenvalue weighted by Crippen LogP contribution is 2.31. The average molecular weight is 374 g/mol. The van der Waals surface area contributed by atoms with Gasteiger partial charge in [0.05, 0.1) is 33.4 Å². The van der Waals surface area contributed by atoms with Gasteiger partial charge in [-0.2, -0.15) is 5.10 Å². The molecule has 1 fully saturated rings. The molecule has 0 spiro atoms. The maximum atomic E-state index is 12.5. The van der Waals surface area contributed by atoms with E-state index < -0.39 is 5.97 Å². The van der Waals surface area contributed by atoms with Crippen molar-refractivity contribution in [2.24, 2.45) is 0 Å². The first-order valence-corrected chi connectivity index (χ1v) is 8.67. The fraction of sp³-hybridized carbons (Fsp3) is 0.294. The highest BCUT2D eigenvalue weighted by molar-refractivity contribution is 6.34. The summed E-state index contributed by atoms with van der Waals surface area (Å²) < 4.78 is 1.22. The van der Waals surface area contributed by atoms with Crippen LogP contribution in [0.2, 0.25) is 5.02 Å². The molecule has 26 heavy (non-hydrogen) atoms. The molecule has 9 heteroatoms. The van der Waals surface area contributed by atoms with Crippen LogP contribution < -0.4 is 10.5 Å². The molecule has 1 saturated heterocycles. The van der Waals surface area contributed by atoms with Crippen LogP contribution in [0.5, 0.6) is 0 Å². The third-order valence-electron chi connectivity index (χ3n) is 4.50. The molecule has 2 N–H and O–H groups in total. The Morgan fingerprint density at radius 1 is 1.23 bits per heavy atom. The van der Waals surface area contributed by atoms with Crippen molar-refractivity contribution in [2.45, 2.75) is 19.3 Å². The normalized spacial score (nSPS) is 14.7. The number of nitrogens with one attached hydrogen (secondary N) is 1. The number of piperidine rings is 1. The number of carboxylic acid groups (broad SMARTS) is 1. The molecule has 0 aliphatic carbocycles. The number of hydrogen-bond donors (Lipinski definition) is 2. The van der Waals surface area contributed by atoms with E-state index in [0.717, 1.165) is 31.6 Å². The second-order valence-electron chi connectivity index (χ2n) is 6.24. The molecule has 1 aliphatic heterocycles. The van der Waals surface area contributed by atoms with Crippen molar-refractivity contribution >= 4 is 34.2 Å². The summed E-state index contributed by atoms with van der Waals surface area (Å²) in [6.45, 7) is 1.83. The first-order valence-electron chi connectivity index (χ1n) is 8.30. The van der Waals surface area contributed by atoms with Crippen LogP contribution in [0.15, 0.2) is 29.3 Å². The van der Waals surface area contributed by atoms with Crippen LogP contribution >= 0.6 is 11.6 Å². The Kier molecular flexibility index (Phi) is 4.12. The van der Waals surface area contributed by atoms with Gasteiger partial charge in [0.1, 0.15) is 0 Å². The van der Waals surface area contributed by atoms with Crippen molar-refractivity contribution in [3.63, 3.8) is 0 Å². The highest BCUT2D eigenvalue weighted by Gasteiger charge is 2.17. The minimum Gasteiger partial charge on any atom is -0.478 e. The van der Waals surface area contributed by atoms with Crippen LogP contribution in [-0.2, 0) is 0 Å². The van der Waals surface area contributed by atoms with E-state index in [4.69, 9.17) is 16.7 Å². The van der Waals surface area contributed by atoms with Gasteiger partial charge < -0.3 is 10.0 Å². The Morgan fingerprint density at radius 3 is 2.69 bits per heavy atom. The van der Waals surface area contributed by atoms with Crippen molar-refractivity contribution in [1.82, 2.24) is 19.7 Å². The van der Waals surface area contributed by atoms with Gasteiger partial charge in [0, 0.05) is 19.3 Å². The summed E-state index contributed by atoms with van der Waals surface area (Å²) in [6, 6.07) is 3.44. The van der Waals surface area contributed by atoms with E-state index in [2.05, 4.69) is 20.0 Å². The monoisotopic (exact) mass is 373 g/mol. The molecule has 2 aromatic heterocycles. The number of fused-ring (bicyclic) bond motifs is 1. The number of aromatic nitrogens is 4. The van der Waals surface area contributed by atoms with E-state index in [1.807, 2.05) is 0 Å². The Hall–Kier alpha value is -2.87. The summed E-state index contributed by atoms with van der Waals surface area (Å²) in [7, 11) is 0. The number of benzene rings is 1. The molecule has 4 rings (SSSR count). The predicted octanol–water partition coefficient (Wildman–Crippen LogP) is 2.45. The van der Waals surface area contributed by atoms with E-state index in [0.29, 0.717) is 15.9 Å². The molecule has 0 amide bonds. The zero-order valence-corrected chi connectivity index (χ0v) is 14.5. The number of halogens is 1. The van der Waals surface area contributed by atoms with Crippen LogP contribution in [0.4, 0.5) is 5.69 Å². The van der Waals surface area contributed by atoms with Crippen molar-refractivity contribution in [1.29, 1.82) is 0 Å². The minimum absolute atomic E-state index is 0.00576. The zero-order chi connectivity index (χ0) is 18.3. The van der Waals surface area contributed by atoms with Crippen LogP contribution in [0.1, 0.15) is 29.6 Å². The van der Waals surface area contributed by atoms with Gasteiger partial charge in [-0.05, 0) is 31.4 Å². The van der Waals surface area contributed by atoms with E-state index in [9.17, 15) is 9.59 Å². The summed E-state index contributed by atoms with van der Waals surface area (Å²) in [5.41, 5.74) is 0.951. The molecule has 3 heterocycles. The largest absolute Gasteiger partial charge is 0.478 e. The quantitative estimate of drug-likeness (QED) is 0.730. The molecule has 0 unspecified atom stereocenters. The second kappa shape index (κ2) is 6.45. The fourth-order valence-electron chi connectivity index (χ4n) is 3.17. The van der Waals surface area contributed by atoms with Gasteiger partial charge in [-0.25, -0.2) is 14.5 Å². The van der Waals surface area contributed by atoms with Gasteiger partial charge in [0.2, 0.25) is 5.95 Å². The van der Waals surface area contributed by atoms with Crippen LogP contribution in [0.25, 0.3) is 16.9 Å². The number of aromatic amines is 1. The number of carboxylic acids is 1. The number of aromatic carboxylic acids is 1. The first-order chi connectivity index (χ1) is 12.5. The maximum Gasteiger partial charge on any atom is 0.338 e. The van der Waals surface area contributed by atoms with E-state index in [1.54, 1.807) is 12.1 Å². The molecule has 0 saturated carbocycles. The SMILES string of the molecule is O=C(O)c1cnn(-c2nc3cc(Cl)c(N4CCCCC4)cc3c(=O)[nH]2)c1. The Morgan fingerprint density at radius 2 is 2.00 bits per heavy atom. The number of H-pyrrole nitrogens is 1. The van der Waals surface area contributed by atoms with Crippen molar-refractivity contribution in [3.8, 4) is 5.95 Å². The molecule has 1 aliphatic rings. The topological polar surface area (TPSA) is 104 Å². The van der Waals surface area contributed by atoms with Crippen molar-refractivity contribution in [2.75, 3.05) is 18.0 Å². The standard InChI is InChI=1S/C17H16ClN5O3/c18-12-7-13-11(6-14(12)22-4-2-1-3-5-22)15(24)21-17(20-13)23-9-10(8-19-23)16(25)26/h6-9H,1-5H2,(H,25,26)(H,20,21,24). The summed E-state index contributed by atoms with van der Waals surface area (Å²) in [5, 5.41) is 13.9. The smallest absolute Gasteiger partial charge is 0.338 e. The van der Waals surface area contributed by atoms with Gasteiger partial charge in [0.25, 0.3) is 5.56 Å². The summed E-state index contributed by atoms with van der Waals surface area (Å²) in [5.74, 6) is -0.967. The molecule has 0 atom stereocenters. The van der Waals surface area contributed by atoms with Gasteiger partial charge in [-0.3, -0.25) is 9.78 Å². The average Bonchev–Trinajstić information content (AvgIpc) is 3.12. The van der Waals surface area contributed by atoms with Crippen molar-refractivity contribution < 1.29 is 9.90 Å². The molecule has 0 bridgehead atoms. The van der Waals surface area contributed by atoms with Crippen LogP contribution in [0.3, 0.4) is 0 Å². The molecule has 8 nitrogen and oxygen atoms in total. The number of hydrogen-bond acceptors (Lipinski definition) is 5. The minimum atomic E-state index is -1.10. The first kappa shape index (κ1) is 16.6. The molecule has 0 radical (unpaired) electrons. The Bertz CT molecular complexity index is 1050. The van der Waals surface area contributed by atoms with E-state index in [1.165, 1.54) is 23.5 Å². The highest BCUT2D eigenvalue weighted by atomic mass is 35.5. The molecule has 3 aromatic rings. The third-order valence-corrected chi connectivity index (χ3v) is 4.81. The summed E-state index contributed by atoms with van der Waals surface area (Å²) in [6.07, 6.45) is 5.89. The van der Waals surface area contributed by atoms with Gasteiger partial charge >= 0.3 is 5.97 Å². The fourth-order valence-corrected chi connectivity index (χ4v) is 3.45. The maximum absolute atomic E-state index is 12.5. The summed E-state index contributed by atoms with van der Waals surface area (Å²) >= 11 is 6.44. The number of rotatable bonds is 3. The lowest BCUT2D eigenvalue weighted by molar-refractivity contribution is 0.0697. The van der Waals surface area contributed by atoms with Crippen LogP contribution in [0, 0.1) is 0 Å². The van der Waals surface area contributed by atoms with Crippen LogP contribution in [-0.4, -0.2) is 43.9 Å². The molecular weight excluding hydrogens is 358 g/mol. The lowest BCUT2D eigenvalue weighted by Gasteiger charge is -2.29. The molecule has 134 valence electrons. The van der Waals surface area contributed by atoms with E-state index >= 15 is 0 Å². The van der Waals surface area contributed by atoms with E-state index in [-0.39, 0.29) is 17.1 Å². The number of nitrogens with zero attached hydrogens (tertiary/aromatic N) is 4. The molecular formula is C17H16ClN5O3. The predicted molar refractivity (Wildman–Crippen MR) is 97.5 cm³/mol. The van der Waals surface area contributed by atoms with Gasteiger partial charge in [-0.15, -0.1) is 0 Å².